The molecule has 2 aliphatic rings. The summed E-state index contributed by atoms with van der Waals surface area (Å²) in [5.41, 5.74) is -1.71. The number of amides is 1. The summed E-state index contributed by atoms with van der Waals surface area (Å²) in [7, 11) is -4.39. The van der Waals surface area contributed by atoms with Crippen LogP contribution in [0.1, 0.15) is 31.0 Å². The summed E-state index contributed by atoms with van der Waals surface area (Å²) in [5, 5.41) is 9.72. The first-order valence-corrected chi connectivity index (χ1v) is 15.5. The molecule has 1 saturated heterocycles. The number of halogens is 2. The number of nitrogens with zero attached hydrogens (tertiary/aromatic N) is 6. The second-order valence-electron chi connectivity index (χ2n) is 11.1. The van der Waals surface area contributed by atoms with Crippen molar-refractivity contribution in [3.05, 3.63) is 76.5 Å². The molecule has 1 atom stereocenters. The van der Waals surface area contributed by atoms with Gasteiger partial charge < -0.3 is 14.9 Å². The van der Waals surface area contributed by atoms with Gasteiger partial charge in [-0.3, -0.25) is 14.3 Å². The zero-order chi connectivity index (χ0) is 31.7. The van der Waals surface area contributed by atoms with Crippen LogP contribution < -0.4 is 10.6 Å². The molecule has 4 aromatic rings. The van der Waals surface area contributed by atoms with Gasteiger partial charge in [0.25, 0.3) is 0 Å². The smallest absolute Gasteiger partial charge is 0.354 e. The maximum absolute atomic E-state index is 17.0. The number of sulfone groups is 1. The molecule has 1 N–H and O–H groups in total. The van der Waals surface area contributed by atoms with Crippen LogP contribution >= 0.6 is 0 Å². The van der Waals surface area contributed by atoms with Gasteiger partial charge in [0.15, 0.2) is 20.7 Å². The maximum atomic E-state index is 17.0. The Morgan fingerprint density at radius 1 is 1.18 bits per heavy atom. The van der Waals surface area contributed by atoms with Crippen LogP contribution in [0.4, 0.5) is 14.6 Å². The van der Waals surface area contributed by atoms with Crippen molar-refractivity contribution >= 4 is 32.5 Å². The maximum Gasteiger partial charge on any atom is 0.354 e. The zero-order valence-corrected chi connectivity index (χ0v) is 24.9. The van der Waals surface area contributed by atoms with E-state index in [0.717, 1.165) is 22.8 Å². The van der Waals surface area contributed by atoms with Gasteiger partial charge in [0.05, 0.1) is 34.1 Å². The molecule has 0 radical (unpaired) electrons. The highest BCUT2D eigenvalue weighted by molar-refractivity contribution is 7.91. The van der Waals surface area contributed by atoms with Crippen LogP contribution in [-0.2, 0) is 14.6 Å². The minimum absolute atomic E-state index is 0.0347. The number of carbonyl (C=O) groups excluding carboxylic acids is 1. The number of hydrogen-bond acceptors (Lipinski definition) is 9. The minimum atomic E-state index is -4.39. The molecule has 14 heteroatoms. The topological polar surface area (TPSA) is 139 Å². The van der Waals surface area contributed by atoms with Gasteiger partial charge >= 0.3 is 5.69 Å². The molecular formula is C30H28F2N6O5S. The lowest BCUT2D eigenvalue weighted by Crippen LogP contribution is -2.57. The summed E-state index contributed by atoms with van der Waals surface area (Å²) in [6, 6.07) is 4.06. The second kappa shape index (κ2) is 10.5. The Labute approximate surface area is 251 Å². The van der Waals surface area contributed by atoms with Crippen LogP contribution in [0.3, 0.4) is 0 Å². The van der Waals surface area contributed by atoms with Crippen LogP contribution in [-0.4, -0.2) is 75.3 Å². The van der Waals surface area contributed by atoms with E-state index in [0.29, 0.717) is 11.3 Å². The predicted molar refractivity (Wildman–Crippen MR) is 159 cm³/mol. The van der Waals surface area contributed by atoms with Gasteiger partial charge in [-0.05, 0) is 42.7 Å². The summed E-state index contributed by atoms with van der Waals surface area (Å²) >= 11 is 0. The van der Waals surface area contributed by atoms with Crippen molar-refractivity contribution in [2.45, 2.75) is 37.8 Å². The van der Waals surface area contributed by atoms with Crippen molar-refractivity contribution in [2.24, 2.45) is 0 Å². The molecule has 0 bridgehead atoms. The van der Waals surface area contributed by atoms with E-state index in [1.165, 1.54) is 11.0 Å². The highest BCUT2D eigenvalue weighted by Gasteiger charge is 2.42. The van der Waals surface area contributed by atoms with Crippen molar-refractivity contribution < 1.29 is 27.1 Å². The molecule has 44 heavy (non-hydrogen) atoms. The van der Waals surface area contributed by atoms with E-state index in [2.05, 4.69) is 21.5 Å². The number of fused-ring (bicyclic) bond motifs is 2. The minimum Gasteiger partial charge on any atom is -0.507 e. The number of phenolic OH excluding ortho intramolecular Hbond substituents is 1. The number of carbonyl (C=O) groups is 1. The van der Waals surface area contributed by atoms with Gasteiger partial charge in [-0.25, -0.2) is 27.0 Å². The molecule has 3 aromatic heterocycles. The van der Waals surface area contributed by atoms with E-state index < -0.39 is 72.4 Å². The van der Waals surface area contributed by atoms with Crippen molar-refractivity contribution in [3.8, 4) is 22.7 Å². The highest BCUT2D eigenvalue weighted by Crippen LogP contribution is 2.42. The molecule has 1 amide bonds. The fourth-order valence-corrected chi connectivity index (χ4v) is 7.69. The number of benzene rings is 1. The quantitative estimate of drug-likeness (QED) is 0.340. The van der Waals surface area contributed by atoms with Gasteiger partial charge in [0.1, 0.15) is 28.6 Å². The second-order valence-corrected chi connectivity index (χ2v) is 13.1. The van der Waals surface area contributed by atoms with Gasteiger partial charge in [0.2, 0.25) is 5.91 Å². The number of pyridine rings is 2. The van der Waals surface area contributed by atoms with Gasteiger partial charge in [-0.1, -0.05) is 26.5 Å². The fraction of sp³-hybridized carbons (Fsp3) is 0.300. The van der Waals surface area contributed by atoms with Gasteiger partial charge in [-0.2, -0.15) is 4.98 Å². The molecule has 5 heterocycles. The van der Waals surface area contributed by atoms with Crippen molar-refractivity contribution in [1.82, 2.24) is 24.4 Å². The van der Waals surface area contributed by atoms with E-state index in [-0.39, 0.29) is 42.4 Å². The van der Waals surface area contributed by atoms with Crippen LogP contribution in [0.15, 0.2) is 52.9 Å². The lowest BCUT2D eigenvalue weighted by Gasteiger charge is -2.40. The molecule has 1 aromatic carbocycles. The molecule has 1 fully saturated rings. The Kier molecular flexibility index (Phi) is 6.99. The number of hydrogen-bond donors (Lipinski definition) is 1. The Morgan fingerprint density at radius 3 is 2.61 bits per heavy atom. The van der Waals surface area contributed by atoms with Crippen LogP contribution in [0, 0.1) is 18.6 Å². The lowest BCUT2D eigenvalue weighted by atomic mass is 10.0. The highest BCUT2D eigenvalue weighted by atomic mass is 32.2. The van der Waals surface area contributed by atoms with Crippen LogP contribution in [0.5, 0.6) is 5.75 Å². The number of aryl methyl sites for hydroxylation is 1. The van der Waals surface area contributed by atoms with Crippen molar-refractivity contribution in [3.63, 3.8) is 0 Å². The predicted octanol–water partition coefficient (Wildman–Crippen LogP) is 3.25. The molecule has 11 nitrogen and oxygen atoms in total. The molecule has 6 rings (SSSR count). The van der Waals surface area contributed by atoms with E-state index in [1.54, 1.807) is 24.1 Å². The third kappa shape index (κ3) is 4.43. The first-order chi connectivity index (χ1) is 20.9. The van der Waals surface area contributed by atoms with E-state index >= 15 is 8.78 Å². The normalized spacial score (nSPS) is 17.5. The number of anilines is 1. The number of piperazine rings is 1. The third-order valence-electron chi connectivity index (χ3n) is 8.02. The van der Waals surface area contributed by atoms with Gasteiger partial charge in [-0.15, -0.1) is 0 Å². The SMILES string of the molecule is C=CC(=O)N1CCN2c3nc(=O)n(-c4c(C)ccnc4C(C)C)c4c(F)c(-c5c(O)cccc5F)nc(c34)S(=O)(=O)CC2C1. The number of rotatable bonds is 4. The summed E-state index contributed by atoms with van der Waals surface area (Å²) in [5.74, 6) is -4.26. The van der Waals surface area contributed by atoms with Crippen LogP contribution in [0.2, 0.25) is 0 Å². The summed E-state index contributed by atoms with van der Waals surface area (Å²) in [6.07, 6.45) is 2.67. The number of aromatic hydroxyl groups is 1. The molecule has 1 unspecified atom stereocenters. The summed E-state index contributed by atoms with van der Waals surface area (Å²) < 4.78 is 61.4. The first-order valence-electron chi connectivity index (χ1n) is 13.9. The Balaban J connectivity index is 1.80. The largest absolute Gasteiger partial charge is 0.507 e. The molecule has 2 aliphatic heterocycles. The Hall–Kier alpha value is -4.72. The molecule has 0 spiro atoms. The third-order valence-corrected chi connectivity index (χ3v) is 9.73. The molecule has 228 valence electrons. The fourth-order valence-electron chi connectivity index (χ4n) is 6.01. The Morgan fingerprint density at radius 2 is 1.93 bits per heavy atom. The summed E-state index contributed by atoms with van der Waals surface area (Å²) in [6.45, 7) is 9.08. The average Bonchev–Trinajstić information content (AvgIpc) is 3.05. The van der Waals surface area contributed by atoms with Crippen molar-refractivity contribution in [1.29, 1.82) is 0 Å². The van der Waals surface area contributed by atoms with E-state index in [1.807, 2.05) is 13.8 Å². The molecular weight excluding hydrogens is 594 g/mol. The number of phenols is 1. The van der Waals surface area contributed by atoms with E-state index in [9.17, 15) is 23.1 Å². The van der Waals surface area contributed by atoms with E-state index in [4.69, 9.17) is 0 Å². The van der Waals surface area contributed by atoms with Crippen molar-refractivity contribution in [2.75, 3.05) is 30.3 Å². The first kappa shape index (κ1) is 29.4. The van der Waals surface area contributed by atoms with Gasteiger partial charge in [0, 0.05) is 25.8 Å². The summed E-state index contributed by atoms with van der Waals surface area (Å²) in [4.78, 5) is 42.4. The monoisotopic (exact) mass is 622 g/mol. The lowest BCUT2D eigenvalue weighted by molar-refractivity contribution is -0.126. The average molecular weight is 623 g/mol. The van der Waals surface area contributed by atoms with Crippen LogP contribution in [0.25, 0.3) is 27.8 Å². The standard InChI is InChI=1S/C30H28F2N6O5S/c1-5-20(40)36-11-12-37-17(13-36)14-44(42,43)29-22-27(23(32)25(34-29)21-18(31)7-6-8-19(21)39)38(30(41)35-28(22)37)26-16(4)9-10-33-24(26)15(2)3/h5-10,15,17,39H,1,11-14H2,2-4H3. The number of aromatic nitrogens is 4. The Bertz CT molecular complexity index is 2040. The zero-order valence-electron chi connectivity index (χ0n) is 24.1. The molecule has 0 saturated carbocycles. The molecule has 0 aliphatic carbocycles.